The van der Waals surface area contributed by atoms with E-state index in [1.54, 1.807) is 18.2 Å². The molecule has 0 aromatic heterocycles. The van der Waals surface area contributed by atoms with Gasteiger partial charge in [0.25, 0.3) is 5.91 Å². The molecule has 0 radical (unpaired) electrons. The first-order valence-electron chi connectivity index (χ1n) is 10.1. The van der Waals surface area contributed by atoms with Gasteiger partial charge in [0.2, 0.25) is 0 Å². The Labute approximate surface area is 179 Å². The first kappa shape index (κ1) is 24.2. The summed E-state index contributed by atoms with van der Waals surface area (Å²) in [5.74, 6) is -1.33. The fraction of sp³-hybridized carbons (Fsp3) is 0.391. The lowest BCUT2D eigenvalue weighted by atomic mass is 9.95. The third-order valence-corrected chi connectivity index (χ3v) is 4.82. The first-order chi connectivity index (χ1) is 14.7. The maximum atomic E-state index is 12.7. The minimum Gasteiger partial charge on any atom is -0.493 e. The number of aliphatic carboxylic acids is 1. The van der Waals surface area contributed by atoms with Gasteiger partial charge in [-0.1, -0.05) is 26.0 Å². The van der Waals surface area contributed by atoms with Crippen molar-refractivity contribution in [3.63, 3.8) is 0 Å². The molecule has 168 valence electrons. The minimum absolute atomic E-state index is 0.0939. The third kappa shape index (κ3) is 7.01. The van der Waals surface area contributed by atoms with E-state index in [0.29, 0.717) is 30.8 Å². The molecule has 0 aliphatic carbocycles. The molecular weight excluding hydrogens is 411 g/mol. The molecule has 0 spiro atoms. The van der Waals surface area contributed by atoms with Gasteiger partial charge < -0.3 is 15.2 Å². The van der Waals surface area contributed by atoms with Crippen LogP contribution in [0, 0.1) is 5.92 Å². The first-order valence-corrected chi connectivity index (χ1v) is 10.1. The topological polar surface area (TPSA) is 75.6 Å². The predicted octanol–water partition coefficient (Wildman–Crippen LogP) is 5.08. The maximum Gasteiger partial charge on any atom is 0.416 e. The van der Waals surface area contributed by atoms with Gasteiger partial charge >= 0.3 is 12.1 Å². The van der Waals surface area contributed by atoms with Crippen LogP contribution in [-0.4, -0.2) is 23.6 Å². The number of alkyl halides is 3. The van der Waals surface area contributed by atoms with Crippen molar-refractivity contribution < 1.29 is 32.6 Å². The largest absolute Gasteiger partial charge is 0.493 e. The number of halogens is 3. The number of hydrogen-bond acceptors (Lipinski definition) is 3. The van der Waals surface area contributed by atoms with Crippen LogP contribution in [0.3, 0.4) is 0 Å². The summed E-state index contributed by atoms with van der Waals surface area (Å²) >= 11 is 0. The Kier molecular flexibility index (Phi) is 8.47. The minimum atomic E-state index is -4.47. The smallest absolute Gasteiger partial charge is 0.416 e. The number of benzene rings is 2. The van der Waals surface area contributed by atoms with E-state index >= 15 is 0 Å². The van der Waals surface area contributed by atoms with Crippen molar-refractivity contribution in [3.05, 3.63) is 64.7 Å². The summed E-state index contributed by atoms with van der Waals surface area (Å²) in [6.07, 6.45) is -2.84. The lowest BCUT2D eigenvalue weighted by Crippen LogP contribution is -2.23. The van der Waals surface area contributed by atoms with Gasteiger partial charge in [-0.3, -0.25) is 9.59 Å². The molecule has 0 fully saturated rings. The van der Waals surface area contributed by atoms with Gasteiger partial charge in [0, 0.05) is 17.7 Å². The normalized spacial score (nSPS) is 12.3. The van der Waals surface area contributed by atoms with Gasteiger partial charge in [0.1, 0.15) is 5.75 Å². The van der Waals surface area contributed by atoms with Crippen LogP contribution < -0.4 is 10.1 Å². The molecule has 0 aliphatic rings. The molecule has 0 saturated heterocycles. The van der Waals surface area contributed by atoms with Gasteiger partial charge in [-0.25, -0.2) is 0 Å². The highest BCUT2D eigenvalue weighted by Gasteiger charge is 2.30. The lowest BCUT2D eigenvalue weighted by molar-refractivity contribution is -0.141. The fourth-order valence-corrected chi connectivity index (χ4v) is 3.03. The van der Waals surface area contributed by atoms with Crippen molar-refractivity contribution in [2.45, 2.75) is 45.8 Å². The Balaban J connectivity index is 2.15. The molecule has 5 nitrogen and oxygen atoms in total. The SMILES string of the molecule is CCCOc1ccc(C[C@H](CC)C(=O)O)cc1CNC(=O)c1ccc(C(F)(F)F)cc1. The molecule has 1 atom stereocenters. The van der Waals surface area contributed by atoms with Crippen LogP contribution in [0.25, 0.3) is 0 Å². The van der Waals surface area contributed by atoms with Gasteiger partial charge in [-0.15, -0.1) is 0 Å². The number of carboxylic acids is 1. The van der Waals surface area contributed by atoms with Gasteiger partial charge in [0.15, 0.2) is 0 Å². The molecule has 0 unspecified atom stereocenters. The van der Waals surface area contributed by atoms with Crippen LogP contribution in [0.2, 0.25) is 0 Å². The van der Waals surface area contributed by atoms with Crippen LogP contribution in [0.1, 0.15) is 53.7 Å². The van der Waals surface area contributed by atoms with Gasteiger partial charge in [-0.05, 0) is 55.2 Å². The summed E-state index contributed by atoms with van der Waals surface area (Å²) in [5.41, 5.74) is 0.761. The molecule has 31 heavy (non-hydrogen) atoms. The Bertz CT molecular complexity index is 895. The molecule has 0 aliphatic heterocycles. The zero-order valence-electron chi connectivity index (χ0n) is 17.5. The number of ether oxygens (including phenoxy) is 1. The number of carbonyl (C=O) groups is 2. The number of rotatable bonds is 10. The molecule has 2 rings (SSSR count). The van der Waals surface area contributed by atoms with E-state index < -0.39 is 29.5 Å². The summed E-state index contributed by atoms with van der Waals surface area (Å²) < 4.78 is 43.8. The van der Waals surface area contributed by atoms with Crippen molar-refractivity contribution >= 4 is 11.9 Å². The fourth-order valence-electron chi connectivity index (χ4n) is 3.03. The summed E-state index contributed by atoms with van der Waals surface area (Å²) in [6, 6.07) is 9.33. The van der Waals surface area contributed by atoms with E-state index in [1.807, 2.05) is 13.8 Å². The second kappa shape index (κ2) is 10.8. The van der Waals surface area contributed by atoms with Crippen LogP contribution in [0.4, 0.5) is 13.2 Å². The summed E-state index contributed by atoms with van der Waals surface area (Å²) in [7, 11) is 0. The molecule has 8 heteroatoms. The Morgan fingerprint density at radius 1 is 1.10 bits per heavy atom. The quantitative estimate of drug-likeness (QED) is 0.544. The van der Waals surface area contributed by atoms with E-state index in [1.165, 1.54) is 0 Å². The Hall–Kier alpha value is -3.03. The predicted molar refractivity (Wildman–Crippen MR) is 110 cm³/mol. The molecule has 1 amide bonds. The Morgan fingerprint density at radius 2 is 1.77 bits per heavy atom. The van der Waals surface area contributed by atoms with Crippen molar-refractivity contribution in [2.24, 2.45) is 5.92 Å². The highest BCUT2D eigenvalue weighted by molar-refractivity contribution is 5.94. The van der Waals surface area contributed by atoms with Crippen molar-refractivity contribution in [3.8, 4) is 5.75 Å². The summed E-state index contributed by atoms with van der Waals surface area (Å²) in [4.78, 5) is 23.7. The second-order valence-corrected chi connectivity index (χ2v) is 7.20. The number of carbonyl (C=O) groups excluding carboxylic acids is 1. The zero-order chi connectivity index (χ0) is 23.0. The molecule has 2 aromatic rings. The van der Waals surface area contributed by atoms with E-state index in [0.717, 1.165) is 36.2 Å². The number of carboxylic acid groups (broad SMARTS) is 1. The summed E-state index contributed by atoms with van der Waals surface area (Å²) in [5, 5.41) is 12.0. The van der Waals surface area contributed by atoms with Crippen LogP contribution in [-0.2, 0) is 23.9 Å². The molecule has 0 bridgehead atoms. The van der Waals surface area contributed by atoms with Crippen LogP contribution in [0.5, 0.6) is 5.75 Å². The van der Waals surface area contributed by atoms with E-state index in [4.69, 9.17) is 4.74 Å². The average Bonchev–Trinajstić information content (AvgIpc) is 2.74. The van der Waals surface area contributed by atoms with Crippen LogP contribution >= 0.6 is 0 Å². The monoisotopic (exact) mass is 437 g/mol. The average molecular weight is 437 g/mol. The third-order valence-electron chi connectivity index (χ3n) is 4.82. The standard InChI is InChI=1S/C23H26F3NO4/c1-3-11-31-20-10-5-15(12-16(4-2)22(29)30)13-18(20)14-27-21(28)17-6-8-19(9-7-17)23(24,25)26/h5-10,13,16H,3-4,11-12,14H2,1-2H3,(H,27,28)(H,29,30)/t16-/m0/s1. The second-order valence-electron chi connectivity index (χ2n) is 7.20. The van der Waals surface area contributed by atoms with Crippen molar-refractivity contribution in [2.75, 3.05) is 6.61 Å². The number of nitrogens with one attached hydrogen (secondary N) is 1. The van der Waals surface area contributed by atoms with E-state index in [2.05, 4.69) is 5.32 Å². The van der Waals surface area contributed by atoms with Gasteiger partial charge in [0.05, 0.1) is 18.1 Å². The molecule has 2 N–H and O–H groups in total. The van der Waals surface area contributed by atoms with Crippen LogP contribution in [0.15, 0.2) is 42.5 Å². The number of amides is 1. The molecule has 2 aromatic carbocycles. The molecule has 0 saturated carbocycles. The van der Waals surface area contributed by atoms with Crippen molar-refractivity contribution in [1.29, 1.82) is 0 Å². The number of hydrogen-bond donors (Lipinski definition) is 2. The van der Waals surface area contributed by atoms with Crippen molar-refractivity contribution in [1.82, 2.24) is 5.32 Å². The lowest BCUT2D eigenvalue weighted by Gasteiger charge is -2.15. The van der Waals surface area contributed by atoms with Gasteiger partial charge in [-0.2, -0.15) is 13.2 Å². The molecule has 0 heterocycles. The highest BCUT2D eigenvalue weighted by atomic mass is 19.4. The Morgan fingerprint density at radius 3 is 2.32 bits per heavy atom. The highest BCUT2D eigenvalue weighted by Crippen LogP contribution is 2.29. The van der Waals surface area contributed by atoms with E-state index in [-0.39, 0.29) is 12.1 Å². The summed E-state index contributed by atoms with van der Waals surface area (Å²) in [6.45, 7) is 4.34. The maximum absolute atomic E-state index is 12.7. The van der Waals surface area contributed by atoms with E-state index in [9.17, 15) is 27.9 Å². The molecular formula is C23H26F3NO4. The zero-order valence-corrected chi connectivity index (χ0v) is 17.5.